The van der Waals surface area contributed by atoms with E-state index in [9.17, 15) is 19.5 Å². The van der Waals surface area contributed by atoms with Gasteiger partial charge in [-0.1, -0.05) is 302 Å². The van der Waals surface area contributed by atoms with Crippen molar-refractivity contribution in [3.63, 3.8) is 0 Å². The van der Waals surface area contributed by atoms with Crippen LogP contribution in [0.15, 0.2) is 134 Å². The summed E-state index contributed by atoms with van der Waals surface area (Å²) < 4.78 is 22.8. The Morgan fingerprint density at radius 1 is 0.348 bits per heavy atom. The molecule has 0 saturated heterocycles. The Labute approximate surface area is 548 Å². The molecule has 0 fully saturated rings. The Morgan fingerprint density at radius 3 is 0.955 bits per heavy atom. The number of esters is 2. The zero-order valence-electron chi connectivity index (χ0n) is 58.0. The molecule has 9 heteroatoms. The van der Waals surface area contributed by atoms with Crippen molar-refractivity contribution in [2.24, 2.45) is 0 Å². The van der Waals surface area contributed by atoms with Crippen LogP contribution in [0.3, 0.4) is 0 Å². The minimum absolute atomic E-state index is 0.138. The van der Waals surface area contributed by atoms with E-state index >= 15 is 0 Å². The zero-order valence-corrected chi connectivity index (χ0v) is 58.0. The second-order valence-corrected chi connectivity index (χ2v) is 25.1. The number of unbranched alkanes of at least 4 members (excludes halogenated alkanes) is 29. The van der Waals surface area contributed by atoms with Crippen LogP contribution in [0.5, 0.6) is 0 Å². The zero-order chi connectivity index (χ0) is 64.7. The Morgan fingerprint density at radius 2 is 0.640 bits per heavy atom. The molecule has 9 nitrogen and oxygen atoms in total. The van der Waals surface area contributed by atoms with E-state index in [0.717, 1.165) is 116 Å². The maximum atomic E-state index is 12.9. The summed E-state index contributed by atoms with van der Waals surface area (Å²) in [5.74, 6) is -2.31. The van der Waals surface area contributed by atoms with Gasteiger partial charge in [-0.25, -0.2) is 0 Å². The SMILES string of the molecule is CC/C=C\C/C=C\C/C=C\C/C=C\C/C=C\C/C=C\C/C=C\C/C=C\C/C=C\CCCCCCCC(=O)OC(COC(=O)CCCCCCCCCCCCCCCCCCCCC/C=C\C/C=C\CCCCCCC)COC(OCC[N+](C)(C)C)C(=O)[O-]. The first-order valence-corrected chi connectivity index (χ1v) is 36.3. The molecule has 0 aliphatic carbocycles. The van der Waals surface area contributed by atoms with Crippen molar-refractivity contribution in [1.82, 2.24) is 0 Å². The van der Waals surface area contributed by atoms with E-state index < -0.39 is 24.3 Å². The minimum atomic E-state index is -1.64. The van der Waals surface area contributed by atoms with Gasteiger partial charge in [-0.05, 0) is 116 Å². The molecule has 89 heavy (non-hydrogen) atoms. The highest BCUT2D eigenvalue weighted by atomic mass is 16.7. The van der Waals surface area contributed by atoms with Gasteiger partial charge in [-0.2, -0.15) is 0 Å². The van der Waals surface area contributed by atoms with Crippen LogP contribution in [0.25, 0.3) is 0 Å². The lowest BCUT2D eigenvalue weighted by atomic mass is 10.0. The number of carboxylic acids is 1. The van der Waals surface area contributed by atoms with E-state index in [2.05, 4.69) is 148 Å². The van der Waals surface area contributed by atoms with Crippen LogP contribution in [0.2, 0.25) is 0 Å². The molecule has 0 aliphatic heterocycles. The highest BCUT2D eigenvalue weighted by molar-refractivity contribution is 5.70. The number of quaternary nitrogens is 1. The van der Waals surface area contributed by atoms with Gasteiger partial charge in [-0.15, -0.1) is 0 Å². The predicted molar refractivity (Wildman–Crippen MR) is 379 cm³/mol. The number of rotatable bonds is 66. The highest BCUT2D eigenvalue weighted by Crippen LogP contribution is 2.17. The number of hydrogen-bond acceptors (Lipinski definition) is 8. The van der Waals surface area contributed by atoms with Gasteiger partial charge in [0.25, 0.3) is 0 Å². The maximum Gasteiger partial charge on any atom is 0.306 e. The van der Waals surface area contributed by atoms with Crippen LogP contribution in [-0.2, 0) is 33.3 Å². The molecular formula is C80H135NO8. The number of likely N-dealkylation sites (N-methyl/N-ethyl adjacent to an activating group) is 1. The number of nitrogens with zero attached hydrogens (tertiary/aromatic N) is 1. The number of aliphatic carboxylic acids is 1. The van der Waals surface area contributed by atoms with Crippen molar-refractivity contribution in [3.8, 4) is 0 Å². The second-order valence-electron chi connectivity index (χ2n) is 25.1. The molecule has 0 saturated carbocycles. The summed E-state index contributed by atoms with van der Waals surface area (Å²) in [6.45, 7) is 4.61. The molecule has 0 aliphatic rings. The van der Waals surface area contributed by atoms with E-state index in [1.165, 1.54) is 148 Å². The van der Waals surface area contributed by atoms with Crippen LogP contribution in [0, 0.1) is 0 Å². The third-order valence-electron chi connectivity index (χ3n) is 15.4. The first kappa shape index (κ1) is 84.4. The van der Waals surface area contributed by atoms with Gasteiger partial charge in [0, 0.05) is 12.8 Å². The van der Waals surface area contributed by atoms with Gasteiger partial charge in [0.1, 0.15) is 13.2 Å². The standard InChI is InChI=1S/C80H135NO8/c1-6-8-10-12-14-16-18-20-22-24-26-28-30-32-34-36-38-39-41-43-45-47-49-51-53-55-57-59-61-63-65-67-69-71-78(83)89-76(75-88-80(79(84)85)86-73-72-81(3,4)5)74-87-77(82)70-68-66-64-62-60-58-56-54-52-50-48-46-44-42-40-37-35-33-31-29-27-25-23-21-19-17-15-13-11-9-7-2/h8,10,14,16,19-22,25-28,32,34,38-39,43,45,49,51,55,57,76,80H,6-7,9,11-13,15,17-18,23-24,29-31,33,35-37,40-42,44,46-48,50,52-54,56,58-75H2,1-5H3/b10-8-,16-14-,21-19-,22-20-,27-25-,28-26-,34-32-,39-38-,45-43-,51-49-,57-55-. The van der Waals surface area contributed by atoms with Gasteiger partial charge in [0.15, 0.2) is 12.4 Å². The molecule has 2 atom stereocenters. The average molecular weight is 1240 g/mol. The summed E-state index contributed by atoms with van der Waals surface area (Å²) in [4.78, 5) is 37.5. The molecule has 0 bridgehead atoms. The number of carbonyl (C=O) groups excluding carboxylic acids is 3. The molecule has 0 rings (SSSR count). The molecule has 0 radical (unpaired) electrons. The lowest BCUT2D eigenvalue weighted by molar-refractivity contribution is -0.870. The molecule has 2 unspecified atom stereocenters. The van der Waals surface area contributed by atoms with E-state index in [-0.39, 0.29) is 38.6 Å². The largest absolute Gasteiger partial charge is 0.545 e. The van der Waals surface area contributed by atoms with Gasteiger partial charge < -0.3 is 33.3 Å². The Kier molecular flexibility index (Phi) is 65.8. The molecule has 0 aromatic rings. The monoisotopic (exact) mass is 1240 g/mol. The van der Waals surface area contributed by atoms with E-state index in [1.807, 2.05) is 21.1 Å². The molecular weight excluding hydrogens is 1100 g/mol. The van der Waals surface area contributed by atoms with E-state index in [0.29, 0.717) is 17.4 Å². The molecule has 0 spiro atoms. The van der Waals surface area contributed by atoms with Crippen LogP contribution < -0.4 is 5.11 Å². The van der Waals surface area contributed by atoms with Gasteiger partial charge in [0.2, 0.25) is 0 Å². The smallest absolute Gasteiger partial charge is 0.306 e. The number of carbonyl (C=O) groups is 3. The second kappa shape index (κ2) is 69.3. The lowest BCUT2D eigenvalue weighted by Gasteiger charge is -2.26. The van der Waals surface area contributed by atoms with Crippen LogP contribution in [0.1, 0.15) is 296 Å². The maximum absolute atomic E-state index is 12.9. The summed E-state index contributed by atoms with van der Waals surface area (Å²) in [5.41, 5.74) is 0. The van der Waals surface area contributed by atoms with E-state index in [4.69, 9.17) is 18.9 Å². The number of carboxylic acid groups (broad SMARTS) is 1. The molecule has 0 amide bonds. The number of hydrogen-bond donors (Lipinski definition) is 0. The number of allylic oxidation sites excluding steroid dienone is 22. The van der Waals surface area contributed by atoms with Crippen LogP contribution in [-0.4, -0.2) is 82.3 Å². The van der Waals surface area contributed by atoms with Crippen molar-refractivity contribution in [1.29, 1.82) is 0 Å². The third-order valence-corrected chi connectivity index (χ3v) is 15.4. The quantitative estimate of drug-likeness (QED) is 0.0195. The first-order valence-electron chi connectivity index (χ1n) is 36.3. The fourth-order valence-corrected chi connectivity index (χ4v) is 9.86. The lowest BCUT2D eigenvalue weighted by Crippen LogP contribution is -2.44. The molecule has 0 N–H and O–H groups in total. The molecule has 0 aromatic heterocycles. The topological polar surface area (TPSA) is 111 Å². The average Bonchev–Trinajstić information content (AvgIpc) is 3.64. The fourth-order valence-electron chi connectivity index (χ4n) is 9.86. The summed E-state index contributed by atoms with van der Waals surface area (Å²) in [6, 6.07) is 0. The van der Waals surface area contributed by atoms with Gasteiger partial charge >= 0.3 is 11.9 Å². The molecule has 0 heterocycles. The van der Waals surface area contributed by atoms with Gasteiger partial charge in [0.05, 0.1) is 40.3 Å². The summed E-state index contributed by atoms with van der Waals surface area (Å²) in [5, 5.41) is 11.8. The minimum Gasteiger partial charge on any atom is -0.545 e. The summed E-state index contributed by atoms with van der Waals surface area (Å²) in [6.07, 6.45) is 96.8. The van der Waals surface area contributed by atoms with Crippen molar-refractivity contribution < 1.29 is 42.9 Å². The fraction of sp³-hybridized carbons (Fsp3) is 0.688. The van der Waals surface area contributed by atoms with Crippen LogP contribution in [0.4, 0.5) is 0 Å². The Balaban J connectivity index is 4.18. The summed E-state index contributed by atoms with van der Waals surface area (Å²) in [7, 11) is 5.92. The first-order chi connectivity index (χ1) is 43.6. The van der Waals surface area contributed by atoms with Gasteiger partial charge in [-0.3, -0.25) is 9.59 Å². The Hall–Kier alpha value is -4.57. The highest BCUT2D eigenvalue weighted by Gasteiger charge is 2.22. The van der Waals surface area contributed by atoms with Crippen molar-refractivity contribution in [2.45, 2.75) is 309 Å². The van der Waals surface area contributed by atoms with Crippen LogP contribution >= 0.6 is 0 Å². The normalized spacial score (nSPS) is 13.5. The van der Waals surface area contributed by atoms with E-state index in [1.54, 1.807) is 0 Å². The predicted octanol–water partition coefficient (Wildman–Crippen LogP) is 21.6. The summed E-state index contributed by atoms with van der Waals surface area (Å²) >= 11 is 0. The molecule has 0 aromatic carbocycles. The molecule has 508 valence electrons. The third kappa shape index (κ3) is 70.7. The number of ether oxygens (including phenoxy) is 4. The van der Waals surface area contributed by atoms with Crippen molar-refractivity contribution in [2.75, 3.05) is 47.5 Å². The van der Waals surface area contributed by atoms with Crippen molar-refractivity contribution >= 4 is 17.9 Å². The Bertz CT molecular complexity index is 1930. The van der Waals surface area contributed by atoms with Crippen molar-refractivity contribution in [3.05, 3.63) is 134 Å².